The van der Waals surface area contributed by atoms with Gasteiger partial charge in [-0.1, -0.05) is 0 Å². The quantitative estimate of drug-likeness (QED) is 0.651. The van der Waals surface area contributed by atoms with Gasteiger partial charge >= 0.3 is 6.18 Å². The molecule has 0 saturated carbocycles. The third kappa shape index (κ3) is 6.17. The van der Waals surface area contributed by atoms with Crippen LogP contribution in [0, 0.1) is 0 Å². The maximum atomic E-state index is 12.2. The second kappa shape index (κ2) is 7.03. The molecule has 0 rings (SSSR count). The normalized spacial score (nSPS) is 14.4. The average molecular weight is 215 g/mol. The lowest BCUT2D eigenvalue weighted by atomic mass is 10.2. The predicted octanol–water partition coefficient (Wildman–Crippen LogP) is 1.32. The van der Waals surface area contributed by atoms with Crippen molar-refractivity contribution >= 4 is 0 Å². The topological polar surface area (TPSA) is 44.5 Å². The van der Waals surface area contributed by atoms with Gasteiger partial charge in [0.2, 0.25) is 0 Å². The Kier molecular flexibility index (Phi) is 6.86. The lowest BCUT2D eigenvalue weighted by Crippen LogP contribution is -2.34. The third-order valence-corrected chi connectivity index (χ3v) is 1.54. The molecular formula is C8H16F3NO2. The van der Waals surface area contributed by atoms with Gasteiger partial charge in [0.1, 0.15) is 0 Å². The molecule has 0 aliphatic carbocycles. The monoisotopic (exact) mass is 215 g/mol. The van der Waals surface area contributed by atoms with Gasteiger partial charge in [-0.3, -0.25) is 0 Å². The van der Waals surface area contributed by atoms with E-state index < -0.39 is 12.3 Å². The number of ether oxygens (including phenoxy) is 2. The van der Waals surface area contributed by atoms with Crippen molar-refractivity contribution in [1.82, 2.24) is 0 Å². The van der Waals surface area contributed by atoms with Crippen LogP contribution in [0.3, 0.4) is 0 Å². The molecule has 14 heavy (non-hydrogen) atoms. The molecule has 0 aromatic heterocycles. The maximum Gasteiger partial charge on any atom is 0.414 e. The van der Waals surface area contributed by atoms with E-state index in [2.05, 4.69) is 4.74 Å². The molecule has 0 radical (unpaired) electrons. The van der Waals surface area contributed by atoms with Crippen LogP contribution in [0.2, 0.25) is 0 Å². The lowest BCUT2D eigenvalue weighted by molar-refractivity contribution is -0.223. The summed E-state index contributed by atoms with van der Waals surface area (Å²) in [6.45, 7) is 2.31. The van der Waals surface area contributed by atoms with Gasteiger partial charge in [-0.05, 0) is 19.9 Å². The van der Waals surface area contributed by atoms with E-state index in [4.69, 9.17) is 10.5 Å². The molecule has 0 heterocycles. The number of halogens is 3. The number of rotatable bonds is 7. The third-order valence-electron chi connectivity index (χ3n) is 1.54. The van der Waals surface area contributed by atoms with Crippen molar-refractivity contribution in [3.05, 3.63) is 0 Å². The van der Waals surface area contributed by atoms with Crippen molar-refractivity contribution in [3.8, 4) is 0 Å². The van der Waals surface area contributed by atoms with Crippen LogP contribution in [0.25, 0.3) is 0 Å². The van der Waals surface area contributed by atoms with Crippen molar-refractivity contribution in [2.24, 2.45) is 5.73 Å². The van der Waals surface area contributed by atoms with Crippen LogP contribution in [0.1, 0.15) is 13.3 Å². The van der Waals surface area contributed by atoms with Gasteiger partial charge in [-0.25, -0.2) is 0 Å². The predicted molar refractivity (Wildman–Crippen MR) is 46.0 cm³/mol. The van der Waals surface area contributed by atoms with E-state index in [-0.39, 0.29) is 26.2 Å². The first kappa shape index (κ1) is 13.7. The molecule has 0 aliphatic rings. The molecule has 0 bridgehead atoms. The molecule has 86 valence electrons. The highest BCUT2D eigenvalue weighted by Gasteiger charge is 2.39. The molecule has 0 aromatic carbocycles. The molecule has 1 atom stereocenters. The summed E-state index contributed by atoms with van der Waals surface area (Å²) in [6.07, 6.45) is -6.32. The van der Waals surface area contributed by atoms with Gasteiger partial charge in [-0.2, -0.15) is 13.2 Å². The van der Waals surface area contributed by atoms with E-state index in [1.165, 1.54) is 0 Å². The highest BCUT2D eigenvalue weighted by molar-refractivity contribution is 4.67. The van der Waals surface area contributed by atoms with Crippen molar-refractivity contribution in [2.45, 2.75) is 25.6 Å². The molecule has 3 nitrogen and oxygen atoms in total. The molecule has 0 aromatic rings. The molecule has 0 spiro atoms. The SMILES string of the molecule is CCOCCOC(CCN)C(F)(F)F. The highest BCUT2D eigenvalue weighted by Crippen LogP contribution is 2.24. The Morgan fingerprint density at radius 1 is 1.29 bits per heavy atom. The van der Waals surface area contributed by atoms with Crippen molar-refractivity contribution in [3.63, 3.8) is 0 Å². The first-order valence-corrected chi connectivity index (χ1v) is 4.48. The minimum atomic E-state index is -4.34. The molecule has 0 saturated heterocycles. The van der Waals surface area contributed by atoms with Gasteiger partial charge in [0.05, 0.1) is 13.2 Å². The van der Waals surface area contributed by atoms with Gasteiger partial charge in [0.25, 0.3) is 0 Å². The maximum absolute atomic E-state index is 12.2. The zero-order chi connectivity index (χ0) is 11.0. The van der Waals surface area contributed by atoms with Crippen molar-refractivity contribution in [2.75, 3.05) is 26.4 Å². The van der Waals surface area contributed by atoms with Crippen LogP contribution < -0.4 is 5.73 Å². The van der Waals surface area contributed by atoms with Crippen LogP contribution in [0.5, 0.6) is 0 Å². The minimum absolute atomic E-state index is 0.0428. The van der Waals surface area contributed by atoms with Crippen LogP contribution in [-0.4, -0.2) is 38.6 Å². The number of alkyl halides is 3. The van der Waals surface area contributed by atoms with E-state index in [0.717, 1.165) is 0 Å². The second-order valence-corrected chi connectivity index (χ2v) is 2.68. The number of hydrogen-bond donors (Lipinski definition) is 1. The first-order valence-electron chi connectivity index (χ1n) is 4.48. The Labute approximate surface area is 81.4 Å². The van der Waals surface area contributed by atoms with Crippen LogP contribution in [0.4, 0.5) is 13.2 Å². The Balaban J connectivity index is 3.74. The zero-order valence-electron chi connectivity index (χ0n) is 8.14. The molecule has 1 unspecified atom stereocenters. The van der Waals surface area contributed by atoms with Gasteiger partial charge in [0.15, 0.2) is 6.10 Å². The summed E-state index contributed by atoms with van der Waals surface area (Å²) >= 11 is 0. The Morgan fingerprint density at radius 3 is 2.36 bits per heavy atom. The summed E-state index contributed by atoms with van der Waals surface area (Å²) in [5.74, 6) is 0. The van der Waals surface area contributed by atoms with Crippen LogP contribution in [0.15, 0.2) is 0 Å². The summed E-state index contributed by atoms with van der Waals surface area (Å²) in [7, 11) is 0. The van der Waals surface area contributed by atoms with Gasteiger partial charge in [-0.15, -0.1) is 0 Å². The molecule has 6 heteroatoms. The highest BCUT2D eigenvalue weighted by atomic mass is 19.4. The standard InChI is InChI=1S/C8H16F3NO2/c1-2-13-5-6-14-7(3-4-12)8(9,10)11/h7H,2-6,12H2,1H3. The van der Waals surface area contributed by atoms with Gasteiger partial charge in [0, 0.05) is 6.61 Å². The fraction of sp³-hybridized carbons (Fsp3) is 1.00. The zero-order valence-corrected chi connectivity index (χ0v) is 8.14. The largest absolute Gasteiger partial charge is 0.414 e. The first-order chi connectivity index (χ1) is 6.52. The number of nitrogens with two attached hydrogens (primary N) is 1. The minimum Gasteiger partial charge on any atom is -0.379 e. The Bertz CT molecular complexity index is 141. The summed E-state index contributed by atoms with van der Waals surface area (Å²) in [5.41, 5.74) is 5.05. The lowest BCUT2D eigenvalue weighted by Gasteiger charge is -2.19. The second-order valence-electron chi connectivity index (χ2n) is 2.68. The Morgan fingerprint density at radius 2 is 1.93 bits per heavy atom. The summed E-state index contributed by atoms with van der Waals surface area (Å²) in [6, 6.07) is 0. The summed E-state index contributed by atoms with van der Waals surface area (Å²) < 4.78 is 46.1. The van der Waals surface area contributed by atoms with E-state index in [0.29, 0.717) is 6.61 Å². The molecule has 0 aliphatic heterocycles. The van der Waals surface area contributed by atoms with E-state index >= 15 is 0 Å². The number of hydrogen-bond acceptors (Lipinski definition) is 3. The average Bonchev–Trinajstić information content (AvgIpc) is 2.08. The molecular weight excluding hydrogens is 199 g/mol. The summed E-state index contributed by atoms with van der Waals surface area (Å²) in [4.78, 5) is 0. The summed E-state index contributed by atoms with van der Waals surface area (Å²) in [5, 5.41) is 0. The van der Waals surface area contributed by atoms with E-state index in [1.807, 2.05) is 0 Å². The molecule has 2 N–H and O–H groups in total. The fourth-order valence-corrected chi connectivity index (χ4v) is 0.886. The van der Waals surface area contributed by atoms with Crippen LogP contribution >= 0.6 is 0 Å². The van der Waals surface area contributed by atoms with Crippen molar-refractivity contribution in [1.29, 1.82) is 0 Å². The fourth-order valence-electron chi connectivity index (χ4n) is 0.886. The van der Waals surface area contributed by atoms with Gasteiger partial charge < -0.3 is 15.2 Å². The van der Waals surface area contributed by atoms with E-state index in [9.17, 15) is 13.2 Å². The molecule has 0 fully saturated rings. The Hall–Kier alpha value is -0.330. The van der Waals surface area contributed by atoms with Crippen molar-refractivity contribution < 1.29 is 22.6 Å². The smallest absolute Gasteiger partial charge is 0.379 e. The van der Waals surface area contributed by atoms with Crippen LogP contribution in [-0.2, 0) is 9.47 Å². The molecule has 0 amide bonds. The van der Waals surface area contributed by atoms with E-state index in [1.54, 1.807) is 6.92 Å².